The second kappa shape index (κ2) is 18.8. The van der Waals surface area contributed by atoms with Gasteiger partial charge in [-0.05, 0) is 13.8 Å². The summed E-state index contributed by atoms with van der Waals surface area (Å²) in [5, 5.41) is 4.79. The van der Waals surface area contributed by atoms with Crippen molar-refractivity contribution in [1.29, 1.82) is 0 Å². The Morgan fingerprint density at radius 2 is 1.29 bits per heavy atom. The van der Waals surface area contributed by atoms with Gasteiger partial charge < -0.3 is 4.74 Å². The van der Waals surface area contributed by atoms with Crippen LogP contribution in [0.4, 0.5) is 0 Å². The zero-order chi connectivity index (χ0) is 35.0. The van der Waals surface area contributed by atoms with Crippen LogP contribution in [0.15, 0.2) is 91.0 Å². The van der Waals surface area contributed by atoms with Gasteiger partial charge in [0.25, 0.3) is 0 Å². The van der Waals surface area contributed by atoms with Crippen LogP contribution in [0.5, 0.6) is 0 Å². The Labute approximate surface area is 293 Å². The number of carbonyl (C=O) groups excluding carboxylic acids is 5. The maximum absolute atomic E-state index is 13.6. The van der Waals surface area contributed by atoms with Gasteiger partial charge in [-0.1, -0.05) is 0 Å². The molecule has 10 nitrogen and oxygen atoms in total. The van der Waals surface area contributed by atoms with Gasteiger partial charge in [-0.15, -0.1) is 0 Å². The number of esters is 2. The second-order valence-electron chi connectivity index (χ2n) is 10.9. The number of benzene rings is 3. The van der Waals surface area contributed by atoms with Gasteiger partial charge in [-0.25, -0.2) is 0 Å². The zero-order valence-corrected chi connectivity index (χ0v) is 30.4. The Bertz CT molecular complexity index is 1430. The quantitative estimate of drug-likeness (QED) is 0.131. The van der Waals surface area contributed by atoms with Crippen LogP contribution in [0, 0.1) is 0 Å². The number of rotatable bonds is 18. The molecule has 0 saturated carbocycles. The van der Waals surface area contributed by atoms with Crippen molar-refractivity contribution in [2.24, 2.45) is 5.73 Å². The third-order valence-corrected chi connectivity index (χ3v) is 18.6. The summed E-state index contributed by atoms with van der Waals surface area (Å²) in [6, 6.07) is 28.2. The van der Waals surface area contributed by atoms with E-state index in [1.807, 2.05) is 54.6 Å². The average Bonchev–Trinajstić information content (AvgIpc) is 3.11. The van der Waals surface area contributed by atoms with Gasteiger partial charge in [0.2, 0.25) is 0 Å². The molecule has 2 atom stereocenters. The van der Waals surface area contributed by atoms with Crippen LogP contribution < -0.4 is 32.3 Å². The molecule has 0 radical (unpaired) electrons. The number of nitrogens with one attached hydrogen (secondary N) is 2. The van der Waals surface area contributed by atoms with Crippen LogP contribution >= 0.6 is 32.6 Å². The first-order chi connectivity index (χ1) is 23.0. The molecule has 3 rings (SSSR count). The van der Waals surface area contributed by atoms with Crippen LogP contribution in [0.1, 0.15) is 33.1 Å². The monoisotopic (exact) mass is 759 g/mol. The molecule has 4 N–H and O–H groups in total. The third kappa shape index (κ3) is 10.2. The summed E-state index contributed by atoms with van der Waals surface area (Å²) in [7, 11) is 0. The molecule has 2 amide bonds. The Hall–Kier alpha value is -3.57. The molecule has 0 heterocycles. The van der Waals surface area contributed by atoms with Crippen molar-refractivity contribution in [3.8, 4) is 0 Å². The van der Waals surface area contributed by atoms with E-state index in [1.54, 1.807) is 13.8 Å². The topological polar surface area (TPSA) is 154 Å². The Kier molecular flexibility index (Phi) is 15.3. The number of ether oxygens (including phenoxy) is 2. The fourth-order valence-electron chi connectivity index (χ4n) is 5.20. The number of nitrogens with two attached hydrogens (primary N) is 1. The molecule has 0 aliphatic heterocycles. The first-order valence-electron chi connectivity index (χ1n) is 15.7. The first-order valence-corrected chi connectivity index (χ1v) is 21.2. The molecular formula is C35H43BrN3O7PS. The van der Waals surface area contributed by atoms with Crippen molar-refractivity contribution in [2.75, 3.05) is 31.7 Å². The van der Waals surface area contributed by atoms with Crippen LogP contribution in [-0.2, 0) is 33.4 Å². The van der Waals surface area contributed by atoms with Crippen LogP contribution in [-0.4, -0.2) is 72.6 Å². The smallest absolute Gasteiger partial charge is 0.465 e. The van der Waals surface area contributed by atoms with E-state index in [4.69, 9.17) is 15.2 Å². The van der Waals surface area contributed by atoms with Crippen LogP contribution in [0.3, 0.4) is 0 Å². The first kappa shape index (κ1) is 38.9. The zero-order valence-electron chi connectivity index (χ0n) is 27.1. The van der Waals surface area contributed by atoms with Gasteiger partial charge >= 0.3 is 265 Å². The van der Waals surface area contributed by atoms with E-state index >= 15 is 0 Å². The van der Waals surface area contributed by atoms with Crippen molar-refractivity contribution in [2.45, 2.75) is 45.2 Å². The molecule has 0 unspecified atom stereocenters. The van der Waals surface area contributed by atoms with E-state index in [9.17, 15) is 24.0 Å². The normalized spacial score (nSPS) is 13.2. The number of carbonyl (C=O) groups is 5. The SMILES string of the molecule is CCOC(=O)CNC(=O)[C@H](CSC(=O)CCP(Br)(c1ccccc1)(c1ccccc1)c1ccccc1)NC(=O)CC[C@H](N)C(=O)OCC. The Balaban J connectivity index is 1.81. The van der Waals surface area contributed by atoms with Crippen molar-refractivity contribution in [1.82, 2.24) is 10.6 Å². The van der Waals surface area contributed by atoms with E-state index in [0.29, 0.717) is 6.16 Å². The summed E-state index contributed by atoms with van der Waals surface area (Å²) in [5.74, 6) is -2.53. The standard InChI is InChI=1S/C35H43BrN3O7PS/c1-3-45-32(41)24-38-34(43)30(39-31(40)21-20-29(37)35(44)46-4-2)25-48-33(42)22-23-47(36,26-14-8-5-9-15-26,27-16-10-6-11-17-27)28-18-12-7-13-19-28/h5-19,29-30H,3-4,20-25,37H2,1-2H3,(H,38,43)(H,39,40)/t29-,30-/m0/s1. The van der Waals surface area contributed by atoms with Crippen LogP contribution in [0.2, 0.25) is 0 Å². The molecule has 48 heavy (non-hydrogen) atoms. The summed E-state index contributed by atoms with van der Waals surface area (Å²) in [6.07, 6.45) is 0.480. The minimum atomic E-state index is -3.35. The predicted molar refractivity (Wildman–Crippen MR) is 196 cm³/mol. The Morgan fingerprint density at radius 3 is 1.77 bits per heavy atom. The molecule has 0 spiro atoms. The van der Waals surface area contributed by atoms with E-state index in [-0.39, 0.29) is 43.3 Å². The minimum absolute atomic E-state index is 0.00470. The molecule has 0 aliphatic carbocycles. The van der Waals surface area contributed by atoms with Gasteiger partial charge in [0.1, 0.15) is 0 Å². The second-order valence-corrected chi connectivity index (χ2v) is 21.0. The summed E-state index contributed by atoms with van der Waals surface area (Å²) < 4.78 is 9.77. The van der Waals surface area contributed by atoms with E-state index in [0.717, 1.165) is 27.7 Å². The molecule has 0 bridgehead atoms. The molecule has 13 heteroatoms. The van der Waals surface area contributed by atoms with Gasteiger partial charge in [0.05, 0.1) is 6.61 Å². The molecule has 0 aromatic heterocycles. The van der Waals surface area contributed by atoms with E-state index in [1.165, 1.54) is 0 Å². The number of halogens is 1. The van der Waals surface area contributed by atoms with Crippen molar-refractivity contribution < 1.29 is 33.4 Å². The van der Waals surface area contributed by atoms with Gasteiger partial charge in [-0.2, -0.15) is 0 Å². The molecule has 0 fully saturated rings. The van der Waals surface area contributed by atoms with Crippen molar-refractivity contribution in [3.05, 3.63) is 91.0 Å². The predicted octanol–water partition coefficient (Wildman–Crippen LogP) is 3.31. The fourth-order valence-corrected chi connectivity index (χ4v) is 13.5. The summed E-state index contributed by atoms with van der Waals surface area (Å²) >= 11 is 5.27. The van der Waals surface area contributed by atoms with E-state index in [2.05, 4.69) is 62.5 Å². The third-order valence-electron chi connectivity index (χ3n) is 7.67. The minimum Gasteiger partial charge on any atom is -0.465 e. The number of amides is 2. The van der Waals surface area contributed by atoms with Gasteiger partial charge in [0, 0.05) is 0 Å². The van der Waals surface area contributed by atoms with Gasteiger partial charge in [-0.3, -0.25) is 4.79 Å². The molecule has 3 aromatic carbocycles. The maximum atomic E-state index is 13.6. The summed E-state index contributed by atoms with van der Waals surface area (Å²) in [6.45, 7) is 3.21. The number of hydrogen-bond acceptors (Lipinski definition) is 9. The molecule has 0 aliphatic rings. The molecular weight excluding hydrogens is 717 g/mol. The molecule has 3 aromatic rings. The van der Waals surface area contributed by atoms with E-state index < -0.39 is 47.7 Å². The fraction of sp³-hybridized carbons (Fsp3) is 0.343. The summed E-state index contributed by atoms with van der Waals surface area (Å²) in [5.41, 5.74) is 5.82. The summed E-state index contributed by atoms with van der Waals surface area (Å²) in [4.78, 5) is 63.3. The molecule has 0 saturated heterocycles. The van der Waals surface area contributed by atoms with Gasteiger partial charge in [0.15, 0.2) is 0 Å². The Morgan fingerprint density at radius 1 is 0.792 bits per heavy atom. The number of thioether (sulfide) groups is 1. The average molecular weight is 761 g/mol. The van der Waals surface area contributed by atoms with Crippen molar-refractivity contribution in [3.63, 3.8) is 0 Å². The van der Waals surface area contributed by atoms with Crippen LogP contribution in [0.25, 0.3) is 0 Å². The molecule has 258 valence electrons. The van der Waals surface area contributed by atoms with Crippen molar-refractivity contribution >= 4 is 77.3 Å². The number of hydrogen-bond donors (Lipinski definition) is 3.